The second-order valence-corrected chi connectivity index (χ2v) is 5.65. The highest BCUT2D eigenvalue weighted by atomic mass is 35.5. The van der Waals surface area contributed by atoms with Crippen LogP contribution in [0, 0.1) is 6.92 Å². The minimum Gasteiger partial charge on any atom is -0.465 e. The molecule has 0 aliphatic heterocycles. The molecule has 1 heterocycles. The Bertz CT molecular complexity index is 556. The van der Waals surface area contributed by atoms with Gasteiger partial charge in [-0.3, -0.25) is 4.79 Å². The molecule has 0 saturated carbocycles. The first-order chi connectivity index (χ1) is 8.12. The quantitative estimate of drug-likeness (QED) is 0.748. The van der Waals surface area contributed by atoms with Gasteiger partial charge in [0.15, 0.2) is 0 Å². The fourth-order valence-electron chi connectivity index (χ4n) is 1.87. The van der Waals surface area contributed by atoms with Gasteiger partial charge < -0.3 is 9.30 Å². The Morgan fingerprint density at radius 2 is 1.72 bits per heavy atom. The normalized spacial score (nSPS) is 11.5. The van der Waals surface area contributed by atoms with Crippen molar-refractivity contribution in [2.45, 2.75) is 33.2 Å². The molecule has 0 fully saturated rings. The molecule has 1 rings (SSSR count). The Morgan fingerprint density at radius 1 is 1.22 bits per heavy atom. The van der Waals surface area contributed by atoms with Crippen molar-refractivity contribution in [3.05, 3.63) is 31.7 Å². The van der Waals surface area contributed by atoms with Crippen molar-refractivity contribution in [3.8, 4) is 0 Å². The summed E-state index contributed by atoms with van der Waals surface area (Å²) in [5.41, 5.74) is -0.371. The van der Waals surface area contributed by atoms with Gasteiger partial charge in [0.05, 0.1) is 17.7 Å². The van der Waals surface area contributed by atoms with Crippen LogP contribution in [0.1, 0.15) is 36.8 Å². The van der Waals surface area contributed by atoms with Crippen molar-refractivity contribution in [2.24, 2.45) is 0 Å². The molecule has 0 spiro atoms. The zero-order valence-corrected chi connectivity index (χ0v) is 12.4. The number of esters is 1. The van der Waals surface area contributed by atoms with E-state index >= 15 is 0 Å². The number of hydrogen-bond acceptors (Lipinski definition) is 3. The maximum Gasteiger partial charge on any atom is 0.341 e. The van der Waals surface area contributed by atoms with Crippen molar-refractivity contribution >= 4 is 29.2 Å². The standard InChI is InChI=1S/C12H15Cl2NO3/c1-6-7(11(17)18-5)8(13)9(14)10(16)15(6)12(2,3)4/h1-5H3. The Morgan fingerprint density at radius 3 is 2.11 bits per heavy atom. The summed E-state index contributed by atoms with van der Waals surface area (Å²) >= 11 is 11.8. The molecule has 0 atom stereocenters. The van der Waals surface area contributed by atoms with Gasteiger partial charge >= 0.3 is 5.97 Å². The van der Waals surface area contributed by atoms with E-state index in [9.17, 15) is 9.59 Å². The first kappa shape index (κ1) is 15.1. The lowest BCUT2D eigenvalue weighted by atomic mass is 10.1. The summed E-state index contributed by atoms with van der Waals surface area (Å²) in [6.45, 7) is 7.16. The van der Waals surface area contributed by atoms with Crippen LogP contribution in [-0.4, -0.2) is 17.6 Å². The minimum absolute atomic E-state index is 0.0634. The van der Waals surface area contributed by atoms with Crippen molar-refractivity contribution in [3.63, 3.8) is 0 Å². The van der Waals surface area contributed by atoms with E-state index in [4.69, 9.17) is 23.2 Å². The molecule has 0 N–H and O–H groups in total. The van der Waals surface area contributed by atoms with Crippen LogP contribution in [0.5, 0.6) is 0 Å². The maximum absolute atomic E-state index is 12.1. The predicted molar refractivity (Wildman–Crippen MR) is 71.8 cm³/mol. The lowest BCUT2D eigenvalue weighted by Crippen LogP contribution is -2.37. The summed E-state index contributed by atoms with van der Waals surface area (Å²) in [4.78, 5) is 23.8. The number of rotatable bonds is 1. The van der Waals surface area contributed by atoms with Gasteiger partial charge in [-0.2, -0.15) is 0 Å². The number of halogens is 2. The topological polar surface area (TPSA) is 48.3 Å². The molecule has 18 heavy (non-hydrogen) atoms. The number of pyridine rings is 1. The predicted octanol–water partition coefficient (Wildman–Crippen LogP) is 3.01. The van der Waals surface area contributed by atoms with Gasteiger partial charge in [-0.15, -0.1) is 0 Å². The van der Waals surface area contributed by atoms with E-state index in [1.165, 1.54) is 11.7 Å². The van der Waals surface area contributed by atoms with E-state index in [1.807, 2.05) is 20.8 Å². The molecule has 1 aromatic rings. The van der Waals surface area contributed by atoms with Gasteiger partial charge in [-0.1, -0.05) is 23.2 Å². The van der Waals surface area contributed by atoms with Crippen molar-refractivity contribution in [2.75, 3.05) is 7.11 Å². The van der Waals surface area contributed by atoms with E-state index < -0.39 is 17.1 Å². The fraction of sp³-hybridized carbons (Fsp3) is 0.500. The van der Waals surface area contributed by atoms with E-state index in [1.54, 1.807) is 6.92 Å². The van der Waals surface area contributed by atoms with E-state index in [0.29, 0.717) is 5.69 Å². The molecule has 0 saturated heterocycles. The Kier molecular flexibility index (Phi) is 4.13. The van der Waals surface area contributed by atoms with Crippen LogP contribution in [0.4, 0.5) is 0 Å². The lowest BCUT2D eigenvalue weighted by Gasteiger charge is -2.27. The third-order valence-electron chi connectivity index (χ3n) is 2.56. The van der Waals surface area contributed by atoms with Crippen LogP contribution in [0.15, 0.2) is 4.79 Å². The third kappa shape index (κ3) is 2.40. The molecule has 1 aromatic heterocycles. The van der Waals surface area contributed by atoms with Gasteiger partial charge in [-0.25, -0.2) is 4.79 Å². The second-order valence-electron chi connectivity index (χ2n) is 4.89. The van der Waals surface area contributed by atoms with E-state index in [0.717, 1.165) is 0 Å². The molecule has 0 aliphatic rings. The summed E-state index contributed by atoms with van der Waals surface area (Å²) in [5.74, 6) is -0.614. The SMILES string of the molecule is COC(=O)c1c(Cl)c(Cl)c(=O)n(C(C)(C)C)c1C. The molecule has 100 valence electrons. The summed E-state index contributed by atoms with van der Waals surface area (Å²) in [6, 6.07) is 0. The minimum atomic E-state index is -0.614. The first-order valence-electron chi connectivity index (χ1n) is 5.32. The monoisotopic (exact) mass is 291 g/mol. The number of ether oxygens (including phenoxy) is 1. The smallest absolute Gasteiger partial charge is 0.341 e. The zero-order chi connectivity index (χ0) is 14.2. The van der Waals surface area contributed by atoms with Gasteiger partial charge in [0, 0.05) is 11.2 Å². The molecular weight excluding hydrogens is 277 g/mol. The molecule has 0 aliphatic carbocycles. The van der Waals surface area contributed by atoms with Crippen LogP contribution in [0.25, 0.3) is 0 Å². The Balaban J connectivity index is 3.83. The molecular formula is C12H15Cl2NO3. The largest absolute Gasteiger partial charge is 0.465 e. The van der Waals surface area contributed by atoms with Crippen molar-refractivity contribution < 1.29 is 9.53 Å². The molecule has 0 radical (unpaired) electrons. The molecule has 0 amide bonds. The van der Waals surface area contributed by atoms with Gasteiger partial charge in [0.25, 0.3) is 5.56 Å². The molecule has 6 heteroatoms. The Labute approximate surface area is 115 Å². The molecule has 4 nitrogen and oxygen atoms in total. The number of carbonyl (C=O) groups excluding carboxylic acids is 1. The molecule has 0 aromatic carbocycles. The second kappa shape index (κ2) is 4.94. The number of hydrogen-bond donors (Lipinski definition) is 0. The van der Waals surface area contributed by atoms with Crippen LogP contribution in [-0.2, 0) is 10.3 Å². The Hall–Kier alpha value is -1.00. The first-order valence-corrected chi connectivity index (χ1v) is 6.08. The zero-order valence-electron chi connectivity index (χ0n) is 10.9. The van der Waals surface area contributed by atoms with E-state index in [-0.39, 0.29) is 15.6 Å². The number of nitrogens with zero attached hydrogens (tertiary/aromatic N) is 1. The van der Waals surface area contributed by atoms with Gasteiger partial charge in [0.2, 0.25) is 0 Å². The van der Waals surface area contributed by atoms with Gasteiger partial charge in [0.1, 0.15) is 5.02 Å². The van der Waals surface area contributed by atoms with Gasteiger partial charge in [-0.05, 0) is 27.7 Å². The molecule has 0 bridgehead atoms. The number of methoxy groups -OCH3 is 1. The van der Waals surface area contributed by atoms with Crippen molar-refractivity contribution in [1.82, 2.24) is 4.57 Å². The third-order valence-corrected chi connectivity index (χ3v) is 3.39. The average Bonchev–Trinajstić information content (AvgIpc) is 2.24. The summed E-state index contributed by atoms with van der Waals surface area (Å²) < 4.78 is 6.10. The summed E-state index contributed by atoms with van der Waals surface area (Å²) in [5, 5.41) is -0.232. The van der Waals surface area contributed by atoms with Crippen LogP contribution >= 0.6 is 23.2 Å². The number of carbonyl (C=O) groups is 1. The highest BCUT2D eigenvalue weighted by Crippen LogP contribution is 2.28. The fourth-order valence-corrected chi connectivity index (χ4v) is 2.35. The van der Waals surface area contributed by atoms with Crippen LogP contribution in [0.2, 0.25) is 10.0 Å². The lowest BCUT2D eigenvalue weighted by molar-refractivity contribution is 0.0598. The number of aromatic nitrogens is 1. The molecule has 0 unspecified atom stereocenters. The maximum atomic E-state index is 12.1. The summed E-state index contributed by atoms with van der Waals surface area (Å²) in [7, 11) is 1.25. The highest BCUT2D eigenvalue weighted by Gasteiger charge is 2.27. The van der Waals surface area contributed by atoms with Crippen LogP contribution < -0.4 is 5.56 Å². The highest BCUT2D eigenvalue weighted by molar-refractivity contribution is 6.43. The van der Waals surface area contributed by atoms with E-state index in [2.05, 4.69) is 4.74 Å². The van der Waals surface area contributed by atoms with Crippen LogP contribution in [0.3, 0.4) is 0 Å². The summed E-state index contributed by atoms with van der Waals surface area (Å²) in [6.07, 6.45) is 0. The average molecular weight is 292 g/mol. The van der Waals surface area contributed by atoms with Crippen molar-refractivity contribution in [1.29, 1.82) is 0 Å².